The van der Waals surface area contributed by atoms with E-state index in [1.165, 1.54) is 0 Å². The Hall–Kier alpha value is -2.72. The van der Waals surface area contributed by atoms with Crippen LogP contribution in [-0.4, -0.2) is 12.6 Å². The summed E-state index contributed by atoms with van der Waals surface area (Å²) < 4.78 is 10.8. The fourth-order valence-electron chi connectivity index (χ4n) is 3.55. The number of hydrogen-bond donors (Lipinski definition) is 1. The van der Waals surface area contributed by atoms with Crippen molar-refractivity contribution in [2.24, 2.45) is 0 Å². The summed E-state index contributed by atoms with van der Waals surface area (Å²) in [5, 5.41) is 0. The molecule has 0 spiro atoms. The highest BCUT2D eigenvalue weighted by Gasteiger charge is 2.43. The number of rotatable bonds is 9. The minimum Gasteiger partial charge on any atom is -0.494 e. The molecular formula is C25H26O3S. The molecule has 29 heavy (non-hydrogen) atoms. The van der Waals surface area contributed by atoms with Gasteiger partial charge < -0.3 is 8.92 Å². The lowest BCUT2D eigenvalue weighted by molar-refractivity contribution is -0.137. The molecule has 150 valence electrons. The van der Waals surface area contributed by atoms with Crippen molar-refractivity contribution in [1.29, 1.82) is 0 Å². The van der Waals surface area contributed by atoms with Crippen molar-refractivity contribution in [1.82, 2.24) is 0 Å². The number of ether oxygens (including phenoxy) is 1. The molecule has 0 aromatic heterocycles. The number of carbonyl (C=O) groups is 1. The molecule has 0 aliphatic carbocycles. The van der Waals surface area contributed by atoms with Gasteiger partial charge in [-0.1, -0.05) is 86.1 Å². The highest BCUT2D eigenvalue weighted by Crippen LogP contribution is 2.38. The third kappa shape index (κ3) is 4.83. The topological polar surface area (TPSA) is 35.5 Å². The van der Waals surface area contributed by atoms with Crippen LogP contribution in [0.2, 0.25) is 0 Å². The molecule has 3 nitrogen and oxygen atoms in total. The highest BCUT2D eigenvalue weighted by atomic mass is 32.1. The van der Waals surface area contributed by atoms with Crippen LogP contribution in [-0.2, 0) is 20.8 Å². The zero-order valence-electron chi connectivity index (χ0n) is 16.6. The van der Waals surface area contributed by atoms with Gasteiger partial charge in [-0.15, -0.1) is 0 Å². The van der Waals surface area contributed by atoms with Gasteiger partial charge in [-0.05, 0) is 41.7 Å². The molecule has 0 saturated carbocycles. The Kier molecular flexibility index (Phi) is 7.36. The van der Waals surface area contributed by atoms with Gasteiger partial charge in [0, 0.05) is 12.9 Å². The maximum Gasteiger partial charge on any atom is 0.333 e. The molecule has 0 saturated heterocycles. The van der Waals surface area contributed by atoms with E-state index in [4.69, 9.17) is 8.92 Å². The molecule has 3 aromatic rings. The fourth-order valence-corrected chi connectivity index (χ4v) is 3.70. The molecule has 0 heterocycles. The van der Waals surface area contributed by atoms with Crippen LogP contribution in [0, 0.1) is 0 Å². The zero-order valence-corrected chi connectivity index (χ0v) is 17.5. The Morgan fingerprint density at radius 1 is 0.862 bits per heavy atom. The summed E-state index contributed by atoms with van der Waals surface area (Å²) in [5.74, 6) is 0.436. The van der Waals surface area contributed by atoms with E-state index >= 15 is 0 Å². The Morgan fingerprint density at radius 2 is 1.41 bits per heavy atom. The second-order valence-corrected chi connectivity index (χ2v) is 7.22. The van der Waals surface area contributed by atoms with Crippen LogP contribution >= 0.6 is 12.9 Å². The number of carbonyl (C=O) groups excluding carboxylic acids is 1. The maximum atomic E-state index is 13.2. The van der Waals surface area contributed by atoms with E-state index in [-0.39, 0.29) is 0 Å². The summed E-state index contributed by atoms with van der Waals surface area (Å²) in [6.45, 7) is 2.85. The molecule has 4 heteroatoms. The SMILES string of the molecule is CCCCOc1ccc(CC(C(=O)OS)(c2ccccc2)c2ccccc2)cc1. The van der Waals surface area contributed by atoms with Gasteiger partial charge in [0.2, 0.25) is 0 Å². The smallest absolute Gasteiger partial charge is 0.333 e. The van der Waals surface area contributed by atoms with Gasteiger partial charge in [-0.2, -0.15) is 0 Å². The predicted octanol–water partition coefficient (Wildman–Crippen LogP) is 5.78. The lowest BCUT2D eigenvalue weighted by atomic mass is 9.70. The average molecular weight is 407 g/mol. The number of thiol groups is 1. The van der Waals surface area contributed by atoms with Gasteiger partial charge in [-0.25, -0.2) is 4.79 Å². The van der Waals surface area contributed by atoms with E-state index in [9.17, 15) is 4.79 Å². The van der Waals surface area contributed by atoms with Gasteiger partial charge >= 0.3 is 5.97 Å². The summed E-state index contributed by atoms with van der Waals surface area (Å²) >= 11 is 3.87. The van der Waals surface area contributed by atoms with Crippen LogP contribution in [0.1, 0.15) is 36.5 Å². The molecule has 0 atom stereocenters. The van der Waals surface area contributed by atoms with E-state index in [0.29, 0.717) is 13.0 Å². The molecule has 0 fully saturated rings. The first kappa shape index (κ1) is 21.0. The predicted molar refractivity (Wildman–Crippen MR) is 119 cm³/mol. The Balaban J connectivity index is 2.01. The van der Waals surface area contributed by atoms with Crippen molar-refractivity contribution in [2.45, 2.75) is 31.6 Å². The maximum absolute atomic E-state index is 13.2. The largest absolute Gasteiger partial charge is 0.494 e. The fraction of sp³-hybridized carbons (Fsp3) is 0.240. The van der Waals surface area contributed by atoms with Crippen LogP contribution < -0.4 is 4.74 Å². The van der Waals surface area contributed by atoms with E-state index < -0.39 is 11.4 Å². The first-order chi connectivity index (χ1) is 14.2. The second-order valence-electron chi connectivity index (χ2n) is 7.04. The third-order valence-corrected chi connectivity index (χ3v) is 5.29. The molecule has 0 aliphatic heterocycles. The number of benzene rings is 3. The highest BCUT2D eigenvalue weighted by molar-refractivity contribution is 7.75. The van der Waals surface area contributed by atoms with E-state index in [2.05, 4.69) is 19.8 Å². The first-order valence-corrected chi connectivity index (χ1v) is 10.3. The molecule has 0 radical (unpaired) electrons. The molecular weight excluding hydrogens is 380 g/mol. The van der Waals surface area contributed by atoms with Gasteiger partial charge in [0.15, 0.2) is 0 Å². The Labute approximate surface area is 178 Å². The first-order valence-electron chi connectivity index (χ1n) is 9.89. The van der Waals surface area contributed by atoms with Crippen LogP contribution in [0.5, 0.6) is 5.75 Å². The number of unbranched alkanes of at least 4 members (excludes halogenated alkanes) is 1. The molecule has 3 aromatic carbocycles. The Morgan fingerprint density at radius 3 is 1.90 bits per heavy atom. The molecule has 0 N–H and O–H groups in total. The quantitative estimate of drug-likeness (QED) is 0.278. The molecule has 0 bridgehead atoms. The summed E-state index contributed by atoms with van der Waals surface area (Å²) in [4.78, 5) is 13.2. The molecule has 0 aliphatic rings. The van der Waals surface area contributed by atoms with E-state index in [0.717, 1.165) is 35.3 Å². The monoisotopic (exact) mass is 406 g/mol. The standard InChI is InChI=1S/C25H26O3S/c1-2-3-18-27-23-16-14-20(15-17-23)19-25(24(26)28-29,21-10-6-4-7-11-21)22-12-8-5-9-13-22/h4-17,29H,2-3,18-19H2,1H3. The van der Waals surface area contributed by atoms with Crippen LogP contribution in [0.25, 0.3) is 0 Å². The van der Waals surface area contributed by atoms with Gasteiger partial charge in [0.05, 0.1) is 6.61 Å². The molecule has 0 amide bonds. The van der Waals surface area contributed by atoms with E-state index in [1.807, 2.05) is 84.9 Å². The minimum atomic E-state index is -0.991. The summed E-state index contributed by atoms with van der Waals surface area (Å²) in [5.41, 5.74) is 1.76. The van der Waals surface area contributed by atoms with Crippen molar-refractivity contribution in [3.63, 3.8) is 0 Å². The number of hydrogen-bond acceptors (Lipinski definition) is 4. The van der Waals surface area contributed by atoms with Crippen LogP contribution in [0.4, 0.5) is 0 Å². The molecule has 3 rings (SSSR count). The third-order valence-electron chi connectivity index (χ3n) is 5.12. The van der Waals surface area contributed by atoms with Crippen molar-refractivity contribution < 1.29 is 13.7 Å². The van der Waals surface area contributed by atoms with Gasteiger partial charge in [0.1, 0.15) is 11.2 Å². The summed E-state index contributed by atoms with van der Waals surface area (Å²) in [7, 11) is 0. The van der Waals surface area contributed by atoms with Crippen molar-refractivity contribution >= 4 is 18.9 Å². The summed E-state index contributed by atoms with van der Waals surface area (Å²) in [6, 6.07) is 27.4. The van der Waals surface area contributed by atoms with Crippen molar-refractivity contribution in [2.75, 3.05) is 6.61 Å². The average Bonchev–Trinajstić information content (AvgIpc) is 2.79. The minimum absolute atomic E-state index is 0.401. The lowest BCUT2D eigenvalue weighted by Crippen LogP contribution is -2.39. The lowest BCUT2D eigenvalue weighted by Gasteiger charge is -2.32. The second kappa shape index (κ2) is 10.2. The van der Waals surface area contributed by atoms with Crippen molar-refractivity contribution in [3.05, 3.63) is 102 Å². The zero-order chi connectivity index (χ0) is 20.5. The van der Waals surface area contributed by atoms with E-state index in [1.54, 1.807) is 0 Å². The van der Waals surface area contributed by atoms with Crippen LogP contribution in [0.3, 0.4) is 0 Å². The van der Waals surface area contributed by atoms with Crippen LogP contribution in [0.15, 0.2) is 84.9 Å². The molecule has 0 unspecified atom stereocenters. The normalized spacial score (nSPS) is 11.1. The van der Waals surface area contributed by atoms with Gasteiger partial charge in [0.25, 0.3) is 0 Å². The Bertz CT molecular complexity index is 853. The van der Waals surface area contributed by atoms with Gasteiger partial charge in [-0.3, -0.25) is 0 Å². The van der Waals surface area contributed by atoms with Crippen molar-refractivity contribution in [3.8, 4) is 5.75 Å². The summed E-state index contributed by atoms with van der Waals surface area (Å²) in [6.07, 6.45) is 2.58.